The minimum atomic E-state index is -0.0869. The summed E-state index contributed by atoms with van der Waals surface area (Å²) >= 11 is 3.16. The molecule has 29 heavy (non-hydrogen) atoms. The van der Waals surface area contributed by atoms with Crippen molar-refractivity contribution in [2.24, 2.45) is 0 Å². The maximum atomic E-state index is 12.4. The first-order valence-corrected chi connectivity index (χ1v) is 11.1. The number of furan rings is 1. The Labute approximate surface area is 177 Å². The molecule has 1 amide bonds. The zero-order chi connectivity index (χ0) is 20.2. The zero-order valence-electron chi connectivity index (χ0n) is 16.1. The van der Waals surface area contributed by atoms with E-state index >= 15 is 0 Å². The predicted octanol–water partition coefficient (Wildman–Crippen LogP) is 5.86. The zero-order valence-corrected chi connectivity index (χ0v) is 17.7. The molecule has 148 valence electrons. The summed E-state index contributed by atoms with van der Waals surface area (Å²) in [7, 11) is 1.63. The highest BCUT2D eigenvalue weighted by molar-refractivity contribution is 7.99. The Morgan fingerprint density at radius 2 is 2.03 bits per heavy atom. The third-order valence-electron chi connectivity index (χ3n) is 4.33. The van der Waals surface area contributed by atoms with Gasteiger partial charge in [-0.05, 0) is 47.7 Å². The van der Waals surface area contributed by atoms with Crippen LogP contribution in [-0.2, 0) is 11.2 Å². The summed E-state index contributed by atoms with van der Waals surface area (Å²) in [5, 5.41) is 6.25. The van der Waals surface area contributed by atoms with Crippen LogP contribution in [0.1, 0.15) is 12.5 Å². The molecule has 0 saturated carbocycles. The number of rotatable bonds is 7. The quantitative estimate of drug-likeness (QED) is 0.377. The van der Waals surface area contributed by atoms with E-state index in [2.05, 4.69) is 29.4 Å². The van der Waals surface area contributed by atoms with Gasteiger partial charge < -0.3 is 14.5 Å². The fraction of sp³-hybridized carbons (Fsp3) is 0.182. The van der Waals surface area contributed by atoms with Crippen LogP contribution in [0.5, 0.6) is 5.75 Å². The molecule has 0 aliphatic carbocycles. The second-order valence-corrected chi connectivity index (χ2v) is 8.55. The first-order chi connectivity index (χ1) is 14.1. The van der Waals surface area contributed by atoms with Gasteiger partial charge in [0, 0.05) is 15.7 Å². The number of nitrogens with one attached hydrogen (secondary N) is 1. The van der Waals surface area contributed by atoms with Crippen molar-refractivity contribution >= 4 is 45.1 Å². The maximum absolute atomic E-state index is 12.4. The van der Waals surface area contributed by atoms with Crippen LogP contribution in [0.15, 0.2) is 63.2 Å². The van der Waals surface area contributed by atoms with Gasteiger partial charge in [0.2, 0.25) is 5.91 Å². The summed E-state index contributed by atoms with van der Waals surface area (Å²) in [6.45, 7) is 2.12. The number of amides is 1. The van der Waals surface area contributed by atoms with Gasteiger partial charge in [0.1, 0.15) is 17.0 Å². The molecule has 4 rings (SSSR count). The van der Waals surface area contributed by atoms with Crippen LogP contribution in [0, 0.1) is 0 Å². The van der Waals surface area contributed by atoms with Crippen LogP contribution in [0.25, 0.3) is 22.4 Å². The molecule has 0 atom stereocenters. The summed E-state index contributed by atoms with van der Waals surface area (Å²) in [4.78, 5) is 18.1. The lowest BCUT2D eigenvalue weighted by molar-refractivity contribution is -0.115. The normalized spacial score (nSPS) is 11.0. The highest BCUT2D eigenvalue weighted by atomic mass is 32.2. The SMILES string of the molecule is CCSc1ccc(CC(=O)Nc2nc(-c3cc4cc(OC)ccc4o3)cs2)cc1. The lowest BCUT2D eigenvalue weighted by Crippen LogP contribution is -2.14. The molecule has 0 radical (unpaired) electrons. The van der Waals surface area contributed by atoms with Crippen LogP contribution in [0.4, 0.5) is 5.13 Å². The molecule has 0 saturated heterocycles. The van der Waals surface area contributed by atoms with Crippen molar-refractivity contribution in [3.05, 3.63) is 59.5 Å². The van der Waals surface area contributed by atoms with Gasteiger partial charge in [0.15, 0.2) is 10.9 Å². The van der Waals surface area contributed by atoms with Crippen LogP contribution in [0.3, 0.4) is 0 Å². The van der Waals surface area contributed by atoms with Gasteiger partial charge in [-0.3, -0.25) is 4.79 Å². The number of aromatic nitrogens is 1. The number of methoxy groups -OCH3 is 1. The first kappa shape index (κ1) is 19.5. The largest absolute Gasteiger partial charge is 0.497 e. The van der Waals surface area contributed by atoms with E-state index in [0.29, 0.717) is 23.0 Å². The number of ether oxygens (including phenoxy) is 1. The predicted molar refractivity (Wildman–Crippen MR) is 119 cm³/mol. The number of anilines is 1. The molecule has 0 aliphatic rings. The van der Waals surface area contributed by atoms with Crippen molar-refractivity contribution in [1.82, 2.24) is 4.98 Å². The number of carbonyl (C=O) groups excluding carboxylic acids is 1. The highest BCUT2D eigenvalue weighted by Crippen LogP contribution is 2.32. The molecule has 7 heteroatoms. The number of hydrogen-bond acceptors (Lipinski definition) is 6. The van der Waals surface area contributed by atoms with Crippen LogP contribution in [-0.4, -0.2) is 23.8 Å². The number of fused-ring (bicyclic) bond motifs is 1. The van der Waals surface area contributed by atoms with Gasteiger partial charge in [-0.25, -0.2) is 4.98 Å². The van der Waals surface area contributed by atoms with Crippen molar-refractivity contribution in [2.45, 2.75) is 18.2 Å². The Bertz CT molecular complexity index is 1130. The van der Waals surface area contributed by atoms with Crippen molar-refractivity contribution in [1.29, 1.82) is 0 Å². The maximum Gasteiger partial charge on any atom is 0.230 e. The lowest BCUT2D eigenvalue weighted by Gasteiger charge is -2.03. The molecule has 2 aromatic carbocycles. The molecule has 5 nitrogen and oxygen atoms in total. The average molecular weight is 425 g/mol. The Hall–Kier alpha value is -2.77. The monoisotopic (exact) mass is 424 g/mol. The average Bonchev–Trinajstić information content (AvgIpc) is 3.35. The Morgan fingerprint density at radius 3 is 2.79 bits per heavy atom. The molecular weight excluding hydrogens is 404 g/mol. The molecule has 2 heterocycles. The number of benzene rings is 2. The number of carbonyl (C=O) groups is 1. The van der Waals surface area contributed by atoms with Gasteiger partial charge in [-0.15, -0.1) is 23.1 Å². The number of thiazole rings is 1. The van der Waals surface area contributed by atoms with Gasteiger partial charge >= 0.3 is 0 Å². The van der Waals surface area contributed by atoms with E-state index in [-0.39, 0.29) is 5.91 Å². The topological polar surface area (TPSA) is 64.4 Å². The minimum absolute atomic E-state index is 0.0869. The van der Waals surface area contributed by atoms with Crippen LogP contribution >= 0.6 is 23.1 Å². The molecular formula is C22H20N2O3S2. The summed E-state index contributed by atoms with van der Waals surface area (Å²) in [6, 6.07) is 15.7. The van der Waals surface area contributed by atoms with E-state index in [4.69, 9.17) is 9.15 Å². The fourth-order valence-electron chi connectivity index (χ4n) is 2.94. The lowest BCUT2D eigenvalue weighted by atomic mass is 10.1. The fourth-order valence-corrected chi connectivity index (χ4v) is 4.32. The second-order valence-electron chi connectivity index (χ2n) is 6.35. The summed E-state index contributed by atoms with van der Waals surface area (Å²) in [5.74, 6) is 2.38. The minimum Gasteiger partial charge on any atom is -0.497 e. The Morgan fingerprint density at radius 1 is 1.21 bits per heavy atom. The molecule has 1 N–H and O–H groups in total. The van der Waals surface area contributed by atoms with E-state index in [1.54, 1.807) is 18.9 Å². The summed E-state index contributed by atoms with van der Waals surface area (Å²) < 4.78 is 11.1. The van der Waals surface area contributed by atoms with Crippen molar-refractivity contribution in [2.75, 3.05) is 18.2 Å². The van der Waals surface area contributed by atoms with Gasteiger partial charge in [-0.2, -0.15) is 0 Å². The first-order valence-electron chi connectivity index (χ1n) is 9.19. The van der Waals surface area contributed by atoms with Gasteiger partial charge in [0.25, 0.3) is 0 Å². The molecule has 0 bridgehead atoms. The van der Waals surface area contributed by atoms with E-state index < -0.39 is 0 Å². The van der Waals surface area contributed by atoms with E-state index in [1.165, 1.54) is 16.2 Å². The van der Waals surface area contributed by atoms with E-state index in [0.717, 1.165) is 28.0 Å². The van der Waals surface area contributed by atoms with Crippen molar-refractivity contribution in [3.8, 4) is 17.2 Å². The molecule has 0 fully saturated rings. The second kappa shape index (κ2) is 8.71. The van der Waals surface area contributed by atoms with Gasteiger partial charge in [0.05, 0.1) is 13.5 Å². The van der Waals surface area contributed by atoms with Crippen LogP contribution < -0.4 is 10.1 Å². The standard InChI is InChI=1S/C22H20N2O3S2/c1-3-28-17-7-4-14(5-8-17)10-21(25)24-22-23-18(13-29-22)20-12-15-11-16(26-2)6-9-19(15)27-20/h4-9,11-13H,3,10H2,1-2H3,(H,23,24,25). The van der Waals surface area contributed by atoms with Crippen molar-refractivity contribution in [3.63, 3.8) is 0 Å². The highest BCUT2D eigenvalue weighted by Gasteiger charge is 2.13. The third kappa shape index (κ3) is 4.63. The molecule has 0 aliphatic heterocycles. The van der Waals surface area contributed by atoms with Gasteiger partial charge in [-0.1, -0.05) is 19.1 Å². The Balaban J connectivity index is 1.43. The van der Waals surface area contributed by atoms with Crippen LogP contribution in [0.2, 0.25) is 0 Å². The third-order valence-corrected chi connectivity index (χ3v) is 5.98. The summed E-state index contributed by atoms with van der Waals surface area (Å²) in [6.07, 6.45) is 0.316. The number of nitrogens with zero attached hydrogens (tertiary/aromatic N) is 1. The Kier molecular flexibility index (Phi) is 5.87. The summed E-state index contributed by atoms with van der Waals surface area (Å²) in [5.41, 5.74) is 2.44. The molecule has 0 unspecified atom stereocenters. The van der Waals surface area contributed by atoms with E-state index in [1.807, 2.05) is 41.8 Å². The number of thioether (sulfide) groups is 1. The molecule has 0 spiro atoms. The molecule has 4 aromatic rings. The number of hydrogen-bond donors (Lipinski definition) is 1. The van der Waals surface area contributed by atoms with Crippen molar-refractivity contribution < 1.29 is 13.9 Å². The smallest absolute Gasteiger partial charge is 0.230 e. The molecule has 2 aromatic heterocycles. The van der Waals surface area contributed by atoms with E-state index in [9.17, 15) is 4.79 Å².